The first-order chi connectivity index (χ1) is 9.26. The van der Waals surface area contributed by atoms with Gasteiger partial charge in [-0.2, -0.15) is 0 Å². The molecule has 2 aromatic carbocycles. The van der Waals surface area contributed by atoms with Crippen molar-refractivity contribution >= 4 is 16.5 Å². The summed E-state index contributed by atoms with van der Waals surface area (Å²) in [5, 5.41) is 23.5. The smallest absolute Gasteiger partial charge is 0.119 e. The van der Waals surface area contributed by atoms with Crippen molar-refractivity contribution < 1.29 is 14.9 Å². The maximum Gasteiger partial charge on any atom is 0.119 e. The van der Waals surface area contributed by atoms with E-state index in [9.17, 15) is 5.11 Å². The first-order valence-electron chi connectivity index (χ1n) is 6.33. The lowest BCUT2D eigenvalue weighted by Gasteiger charge is -2.16. The average molecular weight is 261 g/mol. The number of aliphatic hydroxyl groups excluding tert-OH is 2. The van der Waals surface area contributed by atoms with Gasteiger partial charge < -0.3 is 20.3 Å². The van der Waals surface area contributed by atoms with Crippen LogP contribution in [-0.4, -0.2) is 36.6 Å². The van der Waals surface area contributed by atoms with Crippen LogP contribution in [0.2, 0.25) is 0 Å². The lowest BCUT2D eigenvalue weighted by molar-refractivity contribution is 0.229. The van der Waals surface area contributed by atoms with Crippen LogP contribution in [0.4, 0.5) is 5.69 Å². The molecule has 0 aliphatic carbocycles. The zero-order valence-electron chi connectivity index (χ0n) is 11.0. The molecule has 4 heteroatoms. The van der Waals surface area contributed by atoms with Crippen molar-refractivity contribution in [2.45, 2.75) is 12.5 Å². The molecule has 4 nitrogen and oxygen atoms in total. The third-order valence-electron chi connectivity index (χ3n) is 3.12. The number of methoxy groups -OCH3 is 1. The minimum absolute atomic E-state index is 0.00120. The predicted molar refractivity (Wildman–Crippen MR) is 76.7 cm³/mol. The molecule has 0 aromatic heterocycles. The second kappa shape index (κ2) is 6.41. The zero-order valence-corrected chi connectivity index (χ0v) is 11.0. The summed E-state index contributed by atoms with van der Waals surface area (Å²) in [5.41, 5.74) is 0.935. The van der Waals surface area contributed by atoms with E-state index in [4.69, 9.17) is 9.84 Å². The van der Waals surface area contributed by atoms with E-state index in [1.807, 2.05) is 36.4 Å². The number of benzene rings is 2. The van der Waals surface area contributed by atoms with Crippen LogP contribution in [0.3, 0.4) is 0 Å². The van der Waals surface area contributed by atoms with Gasteiger partial charge in [0.25, 0.3) is 0 Å². The lowest BCUT2D eigenvalue weighted by Crippen LogP contribution is -2.24. The largest absolute Gasteiger partial charge is 0.497 e. The number of ether oxygens (including phenoxy) is 1. The number of fused-ring (bicyclic) bond motifs is 1. The summed E-state index contributed by atoms with van der Waals surface area (Å²) in [6.07, 6.45) is 0.525. The Kier molecular flexibility index (Phi) is 4.60. The number of hydrogen-bond acceptors (Lipinski definition) is 4. The monoisotopic (exact) mass is 261 g/mol. The van der Waals surface area contributed by atoms with Gasteiger partial charge in [-0.3, -0.25) is 0 Å². The summed E-state index contributed by atoms with van der Waals surface area (Å²) in [7, 11) is 1.65. The Hall–Kier alpha value is -1.78. The molecule has 0 saturated carbocycles. The first-order valence-corrected chi connectivity index (χ1v) is 6.33. The van der Waals surface area contributed by atoms with Crippen molar-refractivity contribution in [2.75, 3.05) is 25.6 Å². The van der Waals surface area contributed by atoms with Gasteiger partial charge in [-0.15, -0.1) is 0 Å². The quantitative estimate of drug-likeness (QED) is 0.744. The van der Waals surface area contributed by atoms with Gasteiger partial charge in [0.15, 0.2) is 0 Å². The number of hydrogen-bond donors (Lipinski definition) is 3. The molecule has 3 N–H and O–H groups in total. The third kappa shape index (κ3) is 3.36. The Morgan fingerprint density at radius 1 is 1.11 bits per heavy atom. The number of anilines is 1. The third-order valence-corrected chi connectivity index (χ3v) is 3.12. The number of aliphatic hydroxyl groups is 2. The molecule has 2 aromatic rings. The molecule has 0 aliphatic rings. The van der Waals surface area contributed by atoms with E-state index in [0.717, 1.165) is 22.2 Å². The molecule has 0 heterocycles. The van der Waals surface area contributed by atoms with Gasteiger partial charge in [-0.05, 0) is 41.5 Å². The molecule has 0 bridgehead atoms. The van der Waals surface area contributed by atoms with Gasteiger partial charge in [0, 0.05) is 12.3 Å². The second-order valence-corrected chi connectivity index (χ2v) is 4.46. The Morgan fingerprint density at radius 3 is 2.53 bits per heavy atom. The molecule has 19 heavy (non-hydrogen) atoms. The van der Waals surface area contributed by atoms with Crippen molar-refractivity contribution in [2.24, 2.45) is 0 Å². The van der Waals surface area contributed by atoms with Gasteiger partial charge in [-0.1, -0.05) is 12.1 Å². The molecule has 2 rings (SSSR count). The van der Waals surface area contributed by atoms with E-state index in [2.05, 4.69) is 5.32 Å². The molecule has 0 spiro atoms. The molecule has 102 valence electrons. The highest BCUT2D eigenvalue weighted by Gasteiger charge is 2.06. The molecule has 0 saturated heterocycles. The summed E-state index contributed by atoms with van der Waals surface area (Å²) >= 11 is 0. The summed E-state index contributed by atoms with van der Waals surface area (Å²) in [4.78, 5) is 0. The Balaban J connectivity index is 2.21. The summed E-state index contributed by atoms with van der Waals surface area (Å²) in [5.74, 6) is 0.835. The van der Waals surface area contributed by atoms with Crippen LogP contribution in [-0.2, 0) is 0 Å². The summed E-state index contributed by atoms with van der Waals surface area (Å²) in [6, 6.07) is 11.8. The average Bonchev–Trinajstić information content (AvgIpc) is 2.46. The highest BCUT2D eigenvalue weighted by molar-refractivity contribution is 5.87. The summed E-state index contributed by atoms with van der Waals surface area (Å²) < 4.78 is 5.19. The number of rotatable bonds is 6. The fourth-order valence-corrected chi connectivity index (χ4v) is 2.04. The second-order valence-electron chi connectivity index (χ2n) is 4.46. The van der Waals surface area contributed by atoms with Crippen LogP contribution in [0.5, 0.6) is 5.75 Å². The highest BCUT2D eigenvalue weighted by atomic mass is 16.5. The fraction of sp³-hybridized carbons (Fsp3) is 0.333. The van der Waals surface area contributed by atoms with E-state index in [1.165, 1.54) is 0 Å². The van der Waals surface area contributed by atoms with Crippen molar-refractivity contribution in [3.63, 3.8) is 0 Å². The standard InChI is InChI=1S/C15H19NO3/c1-19-15-5-3-11-8-13(4-2-12(11)9-15)16-14(10-18)6-7-17/h2-5,8-9,14,16-18H,6-7,10H2,1H3. The van der Waals surface area contributed by atoms with Crippen molar-refractivity contribution in [3.8, 4) is 5.75 Å². The maximum atomic E-state index is 9.21. The Bertz CT molecular complexity index is 542. The highest BCUT2D eigenvalue weighted by Crippen LogP contribution is 2.24. The predicted octanol–water partition coefficient (Wildman–Crippen LogP) is 2.00. The molecule has 0 aliphatic heterocycles. The summed E-state index contributed by atoms with van der Waals surface area (Å²) in [6.45, 7) is 0.0597. The van der Waals surface area contributed by atoms with Gasteiger partial charge in [-0.25, -0.2) is 0 Å². The molecule has 0 radical (unpaired) electrons. The normalized spacial score (nSPS) is 12.4. The van der Waals surface area contributed by atoms with Crippen LogP contribution < -0.4 is 10.1 Å². The minimum Gasteiger partial charge on any atom is -0.497 e. The molecule has 1 unspecified atom stereocenters. The van der Waals surface area contributed by atoms with Gasteiger partial charge in [0.1, 0.15) is 5.75 Å². The van der Waals surface area contributed by atoms with Gasteiger partial charge in [0.05, 0.1) is 19.8 Å². The molecule has 0 fully saturated rings. The molecular formula is C15H19NO3. The van der Waals surface area contributed by atoms with E-state index < -0.39 is 0 Å². The number of nitrogens with one attached hydrogen (secondary N) is 1. The van der Waals surface area contributed by atoms with Gasteiger partial charge in [0.2, 0.25) is 0 Å². The lowest BCUT2D eigenvalue weighted by atomic mass is 10.1. The molecule has 1 atom stereocenters. The van der Waals surface area contributed by atoms with Crippen LogP contribution in [0.25, 0.3) is 10.8 Å². The van der Waals surface area contributed by atoms with Crippen LogP contribution in [0.15, 0.2) is 36.4 Å². The maximum absolute atomic E-state index is 9.21. The SMILES string of the molecule is COc1ccc2cc(NC(CO)CCO)ccc2c1. The van der Waals surface area contributed by atoms with Crippen molar-refractivity contribution in [1.82, 2.24) is 0 Å². The van der Waals surface area contributed by atoms with Crippen molar-refractivity contribution in [3.05, 3.63) is 36.4 Å². The first kappa shape index (κ1) is 13.6. The van der Waals surface area contributed by atoms with Crippen LogP contribution in [0, 0.1) is 0 Å². The topological polar surface area (TPSA) is 61.7 Å². The molecule has 0 amide bonds. The Morgan fingerprint density at radius 2 is 1.84 bits per heavy atom. The molecular weight excluding hydrogens is 242 g/mol. The van der Waals surface area contributed by atoms with E-state index in [0.29, 0.717) is 6.42 Å². The zero-order chi connectivity index (χ0) is 13.7. The van der Waals surface area contributed by atoms with Gasteiger partial charge >= 0.3 is 0 Å². The van der Waals surface area contributed by atoms with E-state index >= 15 is 0 Å². The van der Waals surface area contributed by atoms with E-state index in [-0.39, 0.29) is 19.3 Å². The fourth-order valence-electron chi connectivity index (χ4n) is 2.04. The Labute approximate surface area is 112 Å². The minimum atomic E-state index is -0.124. The van der Waals surface area contributed by atoms with E-state index in [1.54, 1.807) is 7.11 Å². The van der Waals surface area contributed by atoms with Crippen molar-refractivity contribution in [1.29, 1.82) is 0 Å². The van der Waals surface area contributed by atoms with Crippen LogP contribution in [0.1, 0.15) is 6.42 Å². The van der Waals surface area contributed by atoms with Crippen LogP contribution >= 0.6 is 0 Å².